The van der Waals surface area contributed by atoms with Gasteiger partial charge in [0, 0.05) is 12.6 Å². The summed E-state index contributed by atoms with van der Waals surface area (Å²) >= 11 is 0. The number of hydrazone groups is 1. The molecule has 0 atom stereocenters. The van der Waals surface area contributed by atoms with Gasteiger partial charge in [0.15, 0.2) is 11.5 Å². The number of nitrogens with one attached hydrogen (secondary N) is 1. The van der Waals surface area contributed by atoms with E-state index in [1.165, 1.54) is 17.6 Å². The average molecular weight is 508 g/mol. The van der Waals surface area contributed by atoms with Crippen LogP contribution in [0.2, 0.25) is 0 Å². The Bertz CT molecular complexity index is 1330. The van der Waals surface area contributed by atoms with Crippen molar-refractivity contribution in [1.82, 2.24) is 5.43 Å². The topological polar surface area (TPSA) is 97.3 Å². The first-order chi connectivity index (χ1) is 17.3. The van der Waals surface area contributed by atoms with Crippen molar-refractivity contribution >= 4 is 27.8 Å². The highest BCUT2D eigenvalue weighted by Crippen LogP contribution is 2.28. The monoisotopic (exact) mass is 507 g/mol. The number of carbonyl (C=O) groups excluding carboxylic acids is 1. The first-order valence-electron chi connectivity index (χ1n) is 11.3. The van der Waals surface area contributed by atoms with Crippen molar-refractivity contribution in [3.63, 3.8) is 0 Å². The molecule has 0 spiro atoms. The van der Waals surface area contributed by atoms with Crippen LogP contribution in [0.4, 0.5) is 5.69 Å². The number of sulfonamides is 1. The average Bonchev–Trinajstić information content (AvgIpc) is 2.88. The number of hydrogen-bond donors (Lipinski definition) is 1. The molecular formula is C27H29N3O5S. The summed E-state index contributed by atoms with van der Waals surface area (Å²) < 4.78 is 38.1. The molecule has 1 N–H and O–H groups in total. The number of benzene rings is 3. The summed E-state index contributed by atoms with van der Waals surface area (Å²) in [5.41, 5.74) is 4.92. The van der Waals surface area contributed by atoms with Crippen molar-refractivity contribution in [2.75, 3.05) is 24.6 Å². The van der Waals surface area contributed by atoms with Gasteiger partial charge in [-0.3, -0.25) is 9.10 Å². The lowest BCUT2D eigenvalue weighted by atomic mass is 10.2. The van der Waals surface area contributed by atoms with Gasteiger partial charge in [-0.2, -0.15) is 5.10 Å². The predicted molar refractivity (Wildman–Crippen MR) is 142 cm³/mol. The summed E-state index contributed by atoms with van der Waals surface area (Å²) in [5.74, 6) is 0.722. The molecule has 3 aromatic carbocycles. The Balaban J connectivity index is 1.66. The SMILES string of the molecule is C=CCOc1ccc(/C=N\NC(=O)c2ccc(N(C)S(=O)(=O)c3ccc(C)cc3)cc2)cc1OCC. The van der Waals surface area contributed by atoms with Crippen LogP contribution in [0.3, 0.4) is 0 Å². The third-order valence-electron chi connectivity index (χ3n) is 5.18. The minimum atomic E-state index is -3.72. The number of anilines is 1. The van der Waals surface area contributed by atoms with Crippen LogP contribution in [-0.4, -0.2) is 40.8 Å². The third kappa shape index (κ3) is 6.51. The molecule has 8 nitrogen and oxygen atoms in total. The Hall–Kier alpha value is -4.11. The highest BCUT2D eigenvalue weighted by molar-refractivity contribution is 7.92. The number of amides is 1. The van der Waals surface area contributed by atoms with E-state index in [1.54, 1.807) is 72.8 Å². The highest BCUT2D eigenvalue weighted by Gasteiger charge is 2.21. The Labute approximate surface area is 211 Å². The maximum atomic E-state index is 12.9. The van der Waals surface area contributed by atoms with Crippen LogP contribution >= 0.6 is 0 Å². The smallest absolute Gasteiger partial charge is 0.271 e. The fraction of sp³-hybridized carbons (Fsp3) is 0.185. The number of aryl methyl sites for hydroxylation is 1. The van der Waals surface area contributed by atoms with E-state index in [1.807, 2.05) is 13.8 Å². The fourth-order valence-electron chi connectivity index (χ4n) is 3.20. The standard InChI is InChI=1S/C27H29N3O5S/c1-5-17-35-25-16-9-21(18-26(25)34-6-2)19-28-29-27(31)22-10-12-23(13-11-22)30(4)36(32,33)24-14-7-20(3)8-15-24/h5,7-16,18-19H,1,6,17H2,2-4H3,(H,29,31)/b28-19-. The molecule has 0 fully saturated rings. The van der Waals surface area contributed by atoms with Gasteiger partial charge in [-0.05, 0) is 74.0 Å². The zero-order valence-electron chi connectivity index (χ0n) is 20.5. The second-order valence-electron chi connectivity index (χ2n) is 7.77. The van der Waals surface area contributed by atoms with Gasteiger partial charge in [0.2, 0.25) is 0 Å². The lowest BCUT2D eigenvalue weighted by Crippen LogP contribution is -2.26. The van der Waals surface area contributed by atoms with Gasteiger partial charge >= 0.3 is 0 Å². The molecular weight excluding hydrogens is 478 g/mol. The first kappa shape index (κ1) is 26.5. The molecule has 0 aromatic heterocycles. The Morgan fingerprint density at radius 2 is 1.72 bits per heavy atom. The van der Waals surface area contributed by atoms with Gasteiger partial charge < -0.3 is 9.47 Å². The zero-order chi connectivity index (χ0) is 26.1. The van der Waals surface area contributed by atoms with E-state index >= 15 is 0 Å². The maximum absolute atomic E-state index is 12.9. The summed E-state index contributed by atoms with van der Waals surface area (Å²) in [6.07, 6.45) is 3.14. The third-order valence-corrected chi connectivity index (χ3v) is 6.98. The number of rotatable bonds is 11. The molecule has 0 radical (unpaired) electrons. The van der Waals surface area contributed by atoms with Crippen molar-refractivity contribution in [3.05, 3.63) is 96.1 Å². The van der Waals surface area contributed by atoms with Crippen LogP contribution in [0.15, 0.2) is 89.4 Å². The number of carbonyl (C=O) groups is 1. The van der Waals surface area contributed by atoms with Gasteiger partial charge in [-0.15, -0.1) is 0 Å². The Kier molecular flexibility index (Phi) is 8.86. The van der Waals surface area contributed by atoms with Crippen molar-refractivity contribution in [1.29, 1.82) is 0 Å². The molecule has 9 heteroatoms. The van der Waals surface area contributed by atoms with Crippen LogP contribution < -0.4 is 19.2 Å². The summed E-state index contributed by atoms with van der Waals surface area (Å²) in [6.45, 7) is 8.23. The molecule has 0 aliphatic heterocycles. The fourth-order valence-corrected chi connectivity index (χ4v) is 4.40. The molecule has 3 rings (SSSR count). The molecule has 0 bridgehead atoms. The molecule has 188 valence electrons. The minimum Gasteiger partial charge on any atom is -0.490 e. The van der Waals surface area contributed by atoms with Crippen LogP contribution in [0.25, 0.3) is 0 Å². The summed E-state index contributed by atoms with van der Waals surface area (Å²) in [6, 6.07) is 18.2. The van der Waals surface area contributed by atoms with Crippen LogP contribution in [-0.2, 0) is 10.0 Å². The van der Waals surface area contributed by atoms with Gasteiger partial charge in [0.1, 0.15) is 6.61 Å². The van der Waals surface area contributed by atoms with Crippen molar-refractivity contribution in [2.45, 2.75) is 18.7 Å². The lowest BCUT2D eigenvalue weighted by molar-refractivity contribution is 0.0955. The second-order valence-corrected chi connectivity index (χ2v) is 9.74. The van der Waals surface area contributed by atoms with E-state index in [-0.39, 0.29) is 4.90 Å². The quantitative estimate of drug-likeness (QED) is 0.233. The normalized spacial score (nSPS) is 11.2. The summed E-state index contributed by atoms with van der Waals surface area (Å²) in [7, 11) is -2.25. The molecule has 0 heterocycles. The predicted octanol–water partition coefficient (Wildman–Crippen LogP) is 4.55. The largest absolute Gasteiger partial charge is 0.490 e. The molecule has 0 saturated heterocycles. The van der Waals surface area contributed by atoms with E-state index in [0.29, 0.717) is 41.5 Å². The van der Waals surface area contributed by atoms with E-state index in [4.69, 9.17) is 9.47 Å². The van der Waals surface area contributed by atoms with Gasteiger partial charge in [-0.1, -0.05) is 30.4 Å². The van der Waals surface area contributed by atoms with Gasteiger partial charge in [0.05, 0.1) is 23.4 Å². The van der Waals surface area contributed by atoms with Crippen LogP contribution in [0.1, 0.15) is 28.4 Å². The molecule has 0 aliphatic rings. The lowest BCUT2D eigenvalue weighted by Gasteiger charge is -2.19. The van der Waals surface area contributed by atoms with Gasteiger partial charge in [0.25, 0.3) is 15.9 Å². The highest BCUT2D eigenvalue weighted by atomic mass is 32.2. The minimum absolute atomic E-state index is 0.194. The number of hydrogen-bond acceptors (Lipinski definition) is 6. The Morgan fingerprint density at radius 1 is 1.03 bits per heavy atom. The van der Waals surface area contributed by atoms with Crippen molar-refractivity contribution in [2.24, 2.45) is 5.10 Å². The zero-order valence-corrected chi connectivity index (χ0v) is 21.3. The van der Waals surface area contributed by atoms with Gasteiger partial charge in [-0.25, -0.2) is 13.8 Å². The van der Waals surface area contributed by atoms with Crippen LogP contribution in [0, 0.1) is 6.92 Å². The summed E-state index contributed by atoms with van der Waals surface area (Å²) in [4.78, 5) is 12.7. The molecule has 36 heavy (non-hydrogen) atoms. The van der Waals surface area contributed by atoms with E-state index in [0.717, 1.165) is 5.56 Å². The first-order valence-corrected chi connectivity index (χ1v) is 12.7. The maximum Gasteiger partial charge on any atom is 0.271 e. The molecule has 0 unspecified atom stereocenters. The van der Waals surface area contributed by atoms with Crippen molar-refractivity contribution < 1.29 is 22.7 Å². The van der Waals surface area contributed by atoms with Crippen LogP contribution in [0.5, 0.6) is 11.5 Å². The van der Waals surface area contributed by atoms with E-state index < -0.39 is 15.9 Å². The summed E-state index contributed by atoms with van der Waals surface area (Å²) in [5, 5.41) is 4.01. The molecule has 1 amide bonds. The number of nitrogens with zero attached hydrogens (tertiary/aromatic N) is 2. The molecule has 3 aromatic rings. The van der Waals surface area contributed by atoms with E-state index in [9.17, 15) is 13.2 Å². The molecule has 0 saturated carbocycles. The van der Waals surface area contributed by atoms with E-state index in [2.05, 4.69) is 17.1 Å². The van der Waals surface area contributed by atoms with Crippen molar-refractivity contribution in [3.8, 4) is 11.5 Å². The second kappa shape index (κ2) is 12.0. The Morgan fingerprint density at radius 3 is 2.36 bits per heavy atom. The molecule has 0 aliphatic carbocycles. The number of ether oxygens (including phenoxy) is 2.